The Bertz CT molecular complexity index is 1250. The van der Waals surface area contributed by atoms with Gasteiger partial charge in [-0.25, -0.2) is 9.79 Å². The number of hydrogen-bond acceptors (Lipinski definition) is 7. The van der Waals surface area contributed by atoms with Crippen molar-refractivity contribution in [3.63, 3.8) is 0 Å². The third-order valence-corrected chi connectivity index (χ3v) is 9.32. The lowest BCUT2D eigenvalue weighted by molar-refractivity contribution is -0.150. The largest absolute Gasteiger partial charge is 0.477 e. The number of nitrogens with two attached hydrogens (primary N) is 2. The van der Waals surface area contributed by atoms with Crippen molar-refractivity contribution in [2.24, 2.45) is 16.5 Å². The normalized spacial score (nSPS) is 19.5. The number of nitrogens with one attached hydrogen (secondary N) is 1. The number of fused-ring (bicyclic) bond motifs is 1. The Morgan fingerprint density at radius 2 is 1.89 bits per heavy atom. The third-order valence-electron chi connectivity index (χ3n) is 5.67. The summed E-state index contributed by atoms with van der Waals surface area (Å²) >= 11 is 4.29. The summed E-state index contributed by atoms with van der Waals surface area (Å²) in [7, 11) is 0. The first kappa shape index (κ1) is 27.0. The number of carbonyl (C=O) groups is 3. The van der Waals surface area contributed by atoms with Gasteiger partial charge in [-0.2, -0.15) is 0 Å². The van der Waals surface area contributed by atoms with Gasteiger partial charge in [-0.1, -0.05) is 67.2 Å². The smallest absolute Gasteiger partial charge is 0.353 e. The molecular formula is C25H27N5O4S3. The second kappa shape index (κ2) is 12.0. The number of benzene rings is 2. The molecule has 3 atom stereocenters. The van der Waals surface area contributed by atoms with Crippen LogP contribution in [0.4, 0.5) is 0 Å². The van der Waals surface area contributed by atoms with Crippen LogP contribution in [0.25, 0.3) is 0 Å². The van der Waals surface area contributed by atoms with Crippen molar-refractivity contribution in [3.05, 3.63) is 76.3 Å². The first-order valence-electron chi connectivity index (χ1n) is 11.5. The number of aliphatic carboxylic acids is 1. The monoisotopic (exact) mass is 557 g/mol. The van der Waals surface area contributed by atoms with Gasteiger partial charge in [-0.3, -0.25) is 14.5 Å². The van der Waals surface area contributed by atoms with E-state index in [4.69, 9.17) is 11.5 Å². The molecule has 2 aromatic rings. The summed E-state index contributed by atoms with van der Waals surface area (Å²) < 4.78 is 0. The fraction of sp³-hybridized carbons (Fsp3) is 0.280. The summed E-state index contributed by atoms with van der Waals surface area (Å²) in [5, 5.41) is 12.0. The molecule has 0 radical (unpaired) electrons. The van der Waals surface area contributed by atoms with Crippen LogP contribution in [0.2, 0.25) is 0 Å². The maximum atomic E-state index is 13.0. The molecule has 0 spiro atoms. The van der Waals surface area contributed by atoms with Crippen LogP contribution in [0.1, 0.15) is 23.4 Å². The van der Waals surface area contributed by atoms with Crippen LogP contribution < -0.4 is 16.8 Å². The van der Waals surface area contributed by atoms with Crippen LogP contribution in [0.5, 0.6) is 0 Å². The Balaban J connectivity index is 1.54. The quantitative estimate of drug-likeness (QED) is 0.196. The summed E-state index contributed by atoms with van der Waals surface area (Å²) in [6.07, 6.45) is 0.147. The lowest BCUT2D eigenvalue weighted by Gasteiger charge is -2.49. The van der Waals surface area contributed by atoms with Crippen molar-refractivity contribution in [2.75, 3.05) is 11.5 Å². The summed E-state index contributed by atoms with van der Waals surface area (Å²) in [5.41, 5.74) is 12.9. The zero-order valence-electron chi connectivity index (χ0n) is 20.0. The number of aliphatic imine (C=N–C) groups is 1. The molecule has 194 valence electrons. The molecule has 2 aromatic carbocycles. The van der Waals surface area contributed by atoms with E-state index < -0.39 is 23.3 Å². The molecule has 0 aromatic heterocycles. The van der Waals surface area contributed by atoms with Crippen molar-refractivity contribution in [2.45, 2.75) is 35.0 Å². The first-order chi connectivity index (χ1) is 17.8. The van der Waals surface area contributed by atoms with E-state index in [0.717, 1.165) is 21.8 Å². The van der Waals surface area contributed by atoms with Gasteiger partial charge < -0.3 is 21.9 Å². The SMILES string of the molecule is CCSC(N=C(N)N)c1ccccc1SC1=C(C(=O)O)N2C(=O)[C@@H](NC(=O)Cc3ccccc3)[C@H]2SC1. The highest BCUT2D eigenvalue weighted by molar-refractivity contribution is 8.06. The lowest BCUT2D eigenvalue weighted by atomic mass is 10.0. The molecule has 2 aliphatic rings. The number of rotatable bonds is 10. The van der Waals surface area contributed by atoms with E-state index in [9.17, 15) is 19.5 Å². The number of β-lactam (4-membered cyclic amide) rings is 1. The predicted molar refractivity (Wildman–Crippen MR) is 149 cm³/mol. The molecule has 1 fully saturated rings. The zero-order chi connectivity index (χ0) is 26.5. The molecule has 0 bridgehead atoms. The number of carboxylic acid groups (broad SMARTS) is 1. The van der Waals surface area contributed by atoms with Crippen LogP contribution in [0.3, 0.4) is 0 Å². The third kappa shape index (κ3) is 6.08. The van der Waals surface area contributed by atoms with E-state index in [1.807, 2.05) is 61.5 Å². The minimum absolute atomic E-state index is 0.0289. The molecule has 9 nitrogen and oxygen atoms in total. The van der Waals surface area contributed by atoms with Gasteiger partial charge >= 0.3 is 5.97 Å². The number of carbonyl (C=O) groups excluding carboxylic acids is 2. The second-order valence-corrected chi connectivity index (χ2v) is 11.8. The molecule has 12 heteroatoms. The fourth-order valence-corrected chi connectivity index (χ4v) is 7.67. The molecule has 37 heavy (non-hydrogen) atoms. The Kier molecular flexibility index (Phi) is 8.72. The summed E-state index contributed by atoms with van der Waals surface area (Å²) in [6.45, 7) is 2.00. The number of thioether (sulfide) groups is 3. The molecule has 1 unspecified atom stereocenters. The van der Waals surface area contributed by atoms with E-state index in [1.165, 1.54) is 28.4 Å². The molecular weight excluding hydrogens is 531 g/mol. The highest BCUT2D eigenvalue weighted by Crippen LogP contribution is 2.47. The van der Waals surface area contributed by atoms with Gasteiger partial charge in [-0.05, 0) is 17.4 Å². The zero-order valence-corrected chi connectivity index (χ0v) is 22.4. The highest BCUT2D eigenvalue weighted by atomic mass is 32.2. The van der Waals surface area contributed by atoms with Crippen LogP contribution in [-0.2, 0) is 20.8 Å². The average molecular weight is 558 g/mol. The fourth-order valence-electron chi connectivity index (χ4n) is 4.08. The molecule has 4 rings (SSSR count). The van der Waals surface area contributed by atoms with Gasteiger partial charge in [0.05, 0.1) is 6.42 Å². The standard InChI is InChI=1S/C25H27N5O4S3/c1-2-35-21(29-25(26)27)15-10-6-7-11-16(15)37-17-13-36-23-19(22(32)30(23)20(17)24(33)34)28-18(31)12-14-8-4-3-5-9-14/h3-11,19,21,23H,2,12-13H2,1H3,(H,28,31)(H,33,34)(H4,26,27,29)/t19-,21?,23-/m1/s1. The molecule has 6 N–H and O–H groups in total. The Morgan fingerprint density at radius 1 is 1.19 bits per heavy atom. The lowest BCUT2D eigenvalue weighted by Crippen LogP contribution is -2.70. The van der Waals surface area contributed by atoms with Gasteiger partial charge in [-0.15, -0.1) is 23.5 Å². The molecule has 0 saturated carbocycles. The van der Waals surface area contributed by atoms with Crippen molar-refractivity contribution in [1.82, 2.24) is 10.2 Å². The molecule has 2 aliphatic heterocycles. The summed E-state index contributed by atoms with van der Waals surface area (Å²) in [5.74, 6) is -0.759. The summed E-state index contributed by atoms with van der Waals surface area (Å²) in [4.78, 5) is 44.8. The highest BCUT2D eigenvalue weighted by Gasteiger charge is 2.54. The van der Waals surface area contributed by atoms with E-state index in [-0.39, 0.29) is 29.4 Å². The number of amides is 2. The molecule has 2 heterocycles. The van der Waals surface area contributed by atoms with Crippen LogP contribution >= 0.6 is 35.3 Å². The van der Waals surface area contributed by atoms with E-state index in [0.29, 0.717) is 10.7 Å². The minimum atomic E-state index is -1.18. The van der Waals surface area contributed by atoms with Gasteiger partial charge in [0.25, 0.3) is 5.91 Å². The van der Waals surface area contributed by atoms with Gasteiger partial charge in [0.1, 0.15) is 22.5 Å². The van der Waals surface area contributed by atoms with Crippen molar-refractivity contribution < 1.29 is 19.5 Å². The van der Waals surface area contributed by atoms with Crippen LogP contribution in [-0.4, -0.2) is 56.7 Å². The summed E-state index contributed by atoms with van der Waals surface area (Å²) in [6, 6.07) is 16.0. The van der Waals surface area contributed by atoms with E-state index >= 15 is 0 Å². The Hall–Kier alpha value is -3.09. The van der Waals surface area contributed by atoms with Gasteiger partial charge in [0.2, 0.25) is 5.91 Å². The molecule has 0 aliphatic carbocycles. The van der Waals surface area contributed by atoms with Crippen molar-refractivity contribution in [1.29, 1.82) is 0 Å². The maximum absolute atomic E-state index is 13.0. The molecule has 1 saturated heterocycles. The number of nitrogens with zero attached hydrogens (tertiary/aromatic N) is 2. The maximum Gasteiger partial charge on any atom is 0.353 e. The van der Waals surface area contributed by atoms with Gasteiger partial charge in [0, 0.05) is 21.1 Å². The first-order valence-corrected chi connectivity index (χ1v) is 14.4. The Labute approximate surface area is 227 Å². The van der Waals surface area contributed by atoms with Gasteiger partial charge in [0.15, 0.2) is 5.96 Å². The van der Waals surface area contributed by atoms with Crippen LogP contribution in [0.15, 0.2) is 75.1 Å². The second-order valence-electron chi connectivity index (χ2n) is 8.20. The van der Waals surface area contributed by atoms with Crippen molar-refractivity contribution in [3.8, 4) is 0 Å². The number of carboxylic acids is 1. The molecule has 2 amide bonds. The number of guanidine groups is 1. The average Bonchev–Trinajstić information content (AvgIpc) is 2.87. The van der Waals surface area contributed by atoms with Crippen molar-refractivity contribution >= 4 is 59.0 Å². The topological polar surface area (TPSA) is 151 Å². The minimum Gasteiger partial charge on any atom is -0.477 e. The Morgan fingerprint density at radius 3 is 2.57 bits per heavy atom. The number of hydrogen-bond donors (Lipinski definition) is 4. The predicted octanol–water partition coefficient (Wildman–Crippen LogP) is 2.74. The van der Waals surface area contributed by atoms with Crippen LogP contribution in [0, 0.1) is 0 Å². The van der Waals surface area contributed by atoms with E-state index in [1.54, 1.807) is 11.8 Å². The van der Waals surface area contributed by atoms with E-state index in [2.05, 4.69) is 10.3 Å².